The van der Waals surface area contributed by atoms with Gasteiger partial charge in [0, 0.05) is 12.6 Å². The maximum atomic E-state index is 11.2. The van der Waals surface area contributed by atoms with Crippen molar-refractivity contribution in [3.05, 3.63) is 35.1 Å². The second-order valence-electron chi connectivity index (χ2n) is 3.68. The smallest absolute Gasteiger partial charge is 0.354 e. The first-order valence-electron chi connectivity index (χ1n) is 5.13. The summed E-state index contributed by atoms with van der Waals surface area (Å²) in [6, 6.07) is 5.09. The summed E-state index contributed by atoms with van der Waals surface area (Å²) in [5.74, 6) is -0.488. The van der Waals surface area contributed by atoms with Crippen molar-refractivity contribution in [1.82, 2.24) is 9.78 Å². The van der Waals surface area contributed by atoms with Crippen molar-refractivity contribution in [2.75, 3.05) is 7.11 Å². The number of aromatic carboxylic acids is 1. The third-order valence-electron chi connectivity index (χ3n) is 2.60. The molecule has 0 saturated heterocycles. The van der Waals surface area contributed by atoms with Gasteiger partial charge in [-0.05, 0) is 17.7 Å². The highest BCUT2D eigenvalue weighted by Gasteiger charge is 2.17. The van der Waals surface area contributed by atoms with E-state index in [4.69, 9.17) is 21.4 Å². The van der Waals surface area contributed by atoms with Gasteiger partial charge in [-0.2, -0.15) is 5.10 Å². The molecule has 6 heteroatoms. The second kappa shape index (κ2) is 4.70. The minimum atomic E-state index is -1.03. The van der Waals surface area contributed by atoms with Gasteiger partial charge in [-0.1, -0.05) is 17.7 Å². The van der Waals surface area contributed by atoms with Crippen LogP contribution in [0.1, 0.15) is 10.5 Å². The number of methoxy groups -OCH3 is 1. The Bertz CT molecular complexity index is 607. The number of carboxylic acids is 1. The van der Waals surface area contributed by atoms with E-state index in [2.05, 4.69) is 5.10 Å². The van der Waals surface area contributed by atoms with Crippen molar-refractivity contribution in [3.63, 3.8) is 0 Å². The Morgan fingerprint density at radius 2 is 2.22 bits per heavy atom. The number of carbonyl (C=O) groups is 1. The molecule has 2 rings (SSSR count). The van der Waals surface area contributed by atoms with E-state index >= 15 is 0 Å². The molecule has 1 aromatic carbocycles. The summed E-state index contributed by atoms with van der Waals surface area (Å²) in [6.07, 6.45) is 1.50. The third kappa shape index (κ3) is 2.04. The maximum Gasteiger partial charge on any atom is 0.354 e. The summed E-state index contributed by atoms with van der Waals surface area (Å²) in [7, 11) is 3.10. The zero-order valence-electron chi connectivity index (χ0n) is 9.85. The number of nitrogens with zero attached hydrogens (tertiary/aromatic N) is 2. The van der Waals surface area contributed by atoms with Crippen LogP contribution in [0.15, 0.2) is 24.4 Å². The standard InChI is InChI=1S/C12H11ClN2O3/c1-15-11(12(16)17)8(6-14-15)7-3-4-10(18-2)9(13)5-7/h3-6H,1-2H3,(H,16,17). The zero-order chi connectivity index (χ0) is 13.3. The number of carboxylic acid groups (broad SMARTS) is 1. The molecule has 1 heterocycles. The van der Waals surface area contributed by atoms with Crippen LogP contribution in [0.2, 0.25) is 5.02 Å². The fourth-order valence-electron chi connectivity index (χ4n) is 1.74. The highest BCUT2D eigenvalue weighted by molar-refractivity contribution is 6.32. The van der Waals surface area contributed by atoms with Gasteiger partial charge in [0.1, 0.15) is 5.75 Å². The van der Waals surface area contributed by atoms with Gasteiger partial charge >= 0.3 is 5.97 Å². The molecule has 0 spiro atoms. The Hall–Kier alpha value is -2.01. The normalized spacial score (nSPS) is 10.4. The lowest BCUT2D eigenvalue weighted by atomic mass is 10.1. The van der Waals surface area contributed by atoms with Crippen molar-refractivity contribution < 1.29 is 14.6 Å². The van der Waals surface area contributed by atoms with Crippen LogP contribution in [0.3, 0.4) is 0 Å². The van der Waals surface area contributed by atoms with Gasteiger partial charge in [0.15, 0.2) is 5.69 Å². The molecular weight excluding hydrogens is 256 g/mol. The van der Waals surface area contributed by atoms with Crippen LogP contribution in [0, 0.1) is 0 Å². The van der Waals surface area contributed by atoms with E-state index in [-0.39, 0.29) is 5.69 Å². The quantitative estimate of drug-likeness (QED) is 0.927. The predicted molar refractivity (Wildman–Crippen MR) is 67.2 cm³/mol. The van der Waals surface area contributed by atoms with E-state index in [0.717, 1.165) is 0 Å². The van der Waals surface area contributed by atoms with Crippen molar-refractivity contribution in [2.24, 2.45) is 7.05 Å². The molecule has 0 radical (unpaired) electrons. The summed E-state index contributed by atoms with van der Waals surface area (Å²) in [4.78, 5) is 11.2. The zero-order valence-corrected chi connectivity index (χ0v) is 10.6. The van der Waals surface area contributed by atoms with Crippen LogP contribution >= 0.6 is 11.6 Å². The van der Waals surface area contributed by atoms with E-state index in [9.17, 15) is 4.79 Å². The molecule has 1 aromatic heterocycles. The first-order valence-corrected chi connectivity index (χ1v) is 5.51. The van der Waals surface area contributed by atoms with Gasteiger partial charge in [-0.3, -0.25) is 4.68 Å². The number of benzene rings is 1. The topological polar surface area (TPSA) is 64.4 Å². The Kier molecular flexibility index (Phi) is 3.25. The molecule has 0 bridgehead atoms. The summed E-state index contributed by atoms with van der Waals surface area (Å²) in [5.41, 5.74) is 1.33. The van der Waals surface area contributed by atoms with Crippen molar-refractivity contribution >= 4 is 17.6 Å². The lowest BCUT2D eigenvalue weighted by molar-refractivity contribution is 0.0686. The molecular formula is C12H11ClN2O3. The predicted octanol–water partition coefficient (Wildman–Crippen LogP) is 2.45. The second-order valence-corrected chi connectivity index (χ2v) is 4.09. The Morgan fingerprint density at radius 3 is 2.78 bits per heavy atom. The fourth-order valence-corrected chi connectivity index (χ4v) is 1.99. The van der Waals surface area contributed by atoms with Crippen LogP contribution in [-0.4, -0.2) is 28.0 Å². The molecule has 0 aliphatic carbocycles. The van der Waals surface area contributed by atoms with E-state index < -0.39 is 5.97 Å². The molecule has 0 atom stereocenters. The molecule has 0 aliphatic heterocycles. The molecule has 5 nitrogen and oxygen atoms in total. The molecule has 18 heavy (non-hydrogen) atoms. The van der Waals surface area contributed by atoms with E-state index in [1.807, 2.05) is 0 Å². The van der Waals surface area contributed by atoms with Crippen LogP contribution in [0.25, 0.3) is 11.1 Å². The van der Waals surface area contributed by atoms with Crippen molar-refractivity contribution in [3.8, 4) is 16.9 Å². The molecule has 94 valence electrons. The van der Waals surface area contributed by atoms with Gasteiger partial charge in [-0.15, -0.1) is 0 Å². The summed E-state index contributed by atoms with van der Waals surface area (Å²) in [6.45, 7) is 0. The number of aryl methyl sites for hydroxylation is 1. The van der Waals surface area contributed by atoms with Crippen LogP contribution in [0.5, 0.6) is 5.75 Å². The summed E-state index contributed by atoms with van der Waals surface area (Å²) < 4.78 is 6.36. The largest absolute Gasteiger partial charge is 0.495 e. The van der Waals surface area contributed by atoms with Gasteiger partial charge in [0.05, 0.1) is 18.3 Å². The molecule has 0 aliphatic rings. The summed E-state index contributed by atoms with van der Waals surface area (Å²) in [5, 5.41) is 13.5. The SMILES string of the molecule is COc1ccc(-c2cnn(C)c2C(=O)O)cc1Cl. The van der Waals surface area contributed by atoms with Crippen molar-refractivity contribution in [2.45, 2.75) is 0 Å². The minimum Gasteiger partial charge on any atom is -0.495 e. The fraction of sp³-hybridized carbons (Fsp3) is 0.167. The number of hydrogen-bond donors (Lipinski definition) is 1. The summed E-state index contributed by atoms with van der Waals surface area (Å²) >= 11 is 6.02. The minimum absolute atomic E-state index is 0.122. The molecule has 0 fully saturated rings. The number of hydrogen-bond acceptors (Lipinski definition) is 3. The van der Waals surface area contributed by atoms with Crippen LogP contribution < -0.4 is 4.74 Å². The third-order valence-corrected chi connectivity index (χ3v) is 2.90. The number of aromatic nitrogens is 2. The average Bonchev–Trinajstić information content (AvgIpc) is 2.71. The van der Waals surface area contributed by atoms with Gasteiger partial charge in [0.2, 0.25) is 0 Å². The number of rotatable bonds is 3. The van der Waals surface area contributed by atoms with E-state index in [0.29, 0.717) is 21.9 Å². The van der Waals surface area contributed by atoms with Gasteiger partial charge < -0.3 is 9.84 Å². The number of ether oxygens (including phenoxy) is 1. The van der Waals surface area contributed by atoms with E-state index in [1.54, 1.807) is 25.2 Å². The van der Waals surface area contributed by atoms with Crippen molar-refractivity contribution in [1.29, 1.82) is 0 Å². The number of halogens is 1. The molecule has 0 amide bonds. The molecule has 2 aromatic rings. The van der Waals surface area contributed by atoms with Gasteiger partial charge in [0.25, 0.3) is 0 Å². The monoisotopic (exact) mass is 266 g/mol. The lowest BCUT2D eigenvalue weighted by Gasteiger charge is -2.06. The highest BCUT2D eigenvalue weighted by atomic mass is 35.5. The Labute approximate surface area is 109 Å². The van der Waals surface area contributed by atoms with Crippen LogP contribution in [0.4, 0.5) is 0 Å². The molecule has 0 saturated carbocycles. The maximum absolute atomic E-state index is 11.2. The Morgan fingerprint density at radius 1 is 1.50 bits per heavy atom. The first kappa shape index (κ1) is 12.4. The molecule has 1 N–H and O–H groups in total. The van der Waals surface area contributed by atoms with Gasteiger partial charge in [-0.25, -0.2) is 4.79 Å². The van der Waals surface area contributed by atoms with Crippen LogP contribution in [-0.2, 0) is 7.05 Å². The average molecular weight is 267 g/mol. The van der Waals surface area contributed by atoms with E-state index in [1.165, 1.54) is 18.0 Å². The molecule has 0 unspecified atom stereocenters. The highest BCUT2D eigenvalue weighted by Crippen LogP contribution is 2.31. The lowest BCUT2D eigenvalue weighted by Crippen LogP contribution is -2.06. The Balaban J connectivity index is 2.56. The first-order chi connectivity index (χ1) is 8.54.